The van der Waals surface area contributed by atoms with Gasteiger partial charge in [0.1, 0.15) is 17.2 Å². The predicted molar refractivity (Wildman–Crippen MR) is 197 cm³/mol. The molecular weight excluding hydrogens is 654 g/mol. The third kappa shape index (κ3) is 4.74. The number of benzene rings is 4. The number of aromatic hydroxyl groups is 1. The van der Waals surface area contributed by atoms with Gasteiger partial charge in [-0.2, -0.15) is 0 Å². The van der Waals surface area contributed by atoms with Crippen LogP contribution in [0.4, 0.5) is 5.69 Å². The lowest BCUT2D eigenvalue weighted by Gasteiger charge is -2.55. The SMILES string of the molecule is C=Cc1ccc(N2C(=O)[C@H]3[C@H](CC=C4[C@H]3C[C@H]3C(=O)C(c5ccccc5)=CC(=O)[C@@]3(c3ccccc3)[C@H]4c3c(O)cc(OC)cc3OC)C2=O)cc1. The number of ketones is 2. The van der Waals surface area contributed by atoms with Crippen LogP contribution in [0.5, 0.6) is 17.2 Å². The molecule has 2 fully saturated rings. The van der Waals surface area contributed by atoms with Gasteiger partial charge >= 0.3 is 0 Å². The molecule has 8 rings (SSSR count). The monoisotopic (exact) mass is 691 g/mol. The van der Waals surface area contributed by atoms with Crippen molar-refractivity contribution in [2.24, 2.45) is 23.7 Å². The molecule has 1 saturated heterocycles. The van der Waals surface area contributed by atoms with Gasteiger partial charge in [-0.05, 0) is 53.7 Å². The topological polar surface area (TPSA) is 110 Å². The summed E-state index contributed by atoms with van der Waals surface area (Å²) in [6.45, 7) is 3.81. The lowest BCUT2D eigenvalue weighted by atomic mass is 9.44. The highest BCUT2D eigenvalue weighted by Gasteiger charge is 2.66. The van der Waals surface area contributed by atoms with E-state index in [1.54, 1.807) is 24.3 Å². The molecule has 0 unspecified atom stereocenters. The minimum Gasteiger partial charge on any atom is -0.507 e. The van der Waals surface area contributed by atoms with Crippen molar-refractivity contribution in [1.29, 1.82) is 0 Å². The van der Waals surface area contributed by atoms with E-state index in [0.717, 1.165) is 11.1 Å². The minimum atomic E-state index is -1.52. The Morgan fingerprint density at radius 2 is 1.54 bits per heavy atom. The lowest BCUT2D eigenvalue weighted by Crippen LogP contribution is -2.58. The molecule has 0 bridgehead atoms. The van der Waals surface area contributed by atoms with Crippen molar-refractivity contribution in [3.63, 3.8) is 0 Å². The van der Waals surface area contributed by atoms with Gasteiger partial charge < -0.3 is 14.6 Å². The number of hydrogen-bond acceptors (Lipinski definition) is 7. The molecule has 8 heteroatoms. The molecule has 1 saturated carbocycles. The number of allylic oxidation sites excluding steroid dienone is 4. The molecule has 3 aliphatic carbocycles. The van der Waals surface area contributed by atoms with Gasteiger partial charge in [0.05, 0.1) is 37.2 Å². The van der Waals surface area contributed by atoms with E-state index in [0.29, 0.717) is 33.7 Å². The molecule has 260 valence electrons. The minimum absolute atomic E-state index is 0.147. The highest BCUT2D eigenvalue weighted by molar-refractivity contribution is 6.32. The molecule has 52 heavy (non-hydrogen) atoms. The number of ether oxygens (including phenoxy) is 2. The standard InChI is InChI=1S/C44H37NO7/c1-4-25-15-17-28(18-16-25)45-42(49)31-20-19-30-33(38(31)43(45)50)23-34-41(48)32(26-11-7-5-8-12-26)24-37(47)44(34,27-13-9-6-10-14-27)40(30)39-35(46)21-29(51-2)22-36(39)52-3/h4-19,21-22,24,31,33-34,38,40,46H,1,20,23H2,2-3H3/t31-,33+,34-,38-,40+,44-/m0/s1. The van der Waals surface area contributed by atoms with Crippen molar-refractivity contribution in [1.82, 2.24) is 0 Å². The zero-order chi connectivity index (χ0) is 36.3. The number of carbonyl (C=O) groups excluding carboxylic acids is 4. The number of rotatable bonds is 7. The molecule has 0 aromatic heterocycles. The molecule has 0 spiro atoms. The van der Waals surface area contributed by atoms with Crippen molar-refractivity contribution < 1.29 is 33.8 Å². The first-order valence-corrected chi connectivity index (χ1v) is 17.4. The first-order chi connectivity index (χ1) is 25.2. The number of imide groups is 1. The maximum Gasteiger partial charge on any atom is 0.238 e. The third-order valence-corrected chi connectivity index (χ3v) is 11.6. The fourth-order valence-electron chi connectivity index (χ4n) is 9.37. The second-order valence-corrected chi connectivity index (χ2v) is 13.9. The van der Waals surface area contributed by atoms with E-state index in [2.05, 4.69) is 6.58 Å². The molecule has 0 radical (unpaired) electrons. The van der Waals surface area contributed by atoms with Gasteiger partial charge in [0, 0.05) is 35.1 Å². The van der Waals surface area contributed by atoms with Crippen LogP contribution in [-0.2, 0) is 24.6 Å². The van der Waals surface area contributed by atoms with Crippen LogP contribution in [0.2, 0.25) is 0 Å². The Morgan fingerprint density at radius 3 is 2.19 bits per heavy atom. The molecule has 4 aromatic carbocycles. The van der Waals surface area contributed by atoms with Crippen molar-refractivity contribution in [2.75, 3.05) is 19.1 Å². The molecule has 6 atom stereocenters. The largest absolute Gasteiger partial charge is 0.507 e. The smallest absolute Gasteiger partial charge is 0.238 e. The maximum absolute atomic E-state index is 15.3. The summed E-state index contributed by atoms with van der Waals surface area (Å²) in [4.78, 5) is 60.4. The number of nitrogens with zero attached hydrogens (tertiary/aromatic N) is 1. The second-order valence-electron chi connectivity index (χ2n) is 13.9. The van der Waals surface area contributed by atoms with E-state index in [1.807, 2.05) is 78.9 Å². The van der Waals surface area contributed by atoms with E-state index < -0.39 is 35.0 Å². The average Bonchev–Trinajstić information content (AvgIpc) is 3.44. The summed E-state index contributed by atoms with van der Waals surface area (Å²) >= 11 is 0. The Kier molecular flexibility index (Phi) is 8.05. The third-order valence-electron chi connectivity index (χ3n) is 11.6. The lowest BCUT2D eigenvalue weighted by molar-refractivity contribution is -0.135. The van der Waals surface area contributed by atoms with E-state index in [9.17, 15) is 14.7 Å². The normalized spacial score (nSPS) is 26.5. The highest BCUT2D eigenvalue weighted by atomic mass is 16.5. The van der Waals surface area contributed by atoms with Crippen molar-refractivity contribution in [2.45, 2.75) is 24.2 Å². The fourth-order valence-corrected chi connectivity index (χ4v) is 9.37. The Morgan fingerprint density at radius 1 is 0.846 bits per heavy atom. The summed E-state index contributed by atoms with van der Waals surface area (Å²) in [6, 6.07) is 28.6. The van der Waals surface area contributed by atoms with Crippen molar-refractivity contribution >= 4 is 40.7 Å². The van der Waals surface area contributed by atoms with Crippen LogP contribution in [0.25, 0.3) is 11.6 Å². The Bertz CT molecular complexity index is 2200. The summed E-state index contributed by atoms with van der Waals surface area (Å²) in [6.07, 6.45) is 5.50. The number of Topliss-reactive ketones (excluding diaryl/α,β-unsaturated/α-hetero) is 1. The molecule has 1 aliphatic heterocycles. The van der Waals surface area contributed by atoms with Crippen molar-refractivity contribution in [3.8, 4) is 17.2 Å². The van der Waals surface area contributed by atoms with Crippen LogP contribution in [0, 0.1) is 23.7 Å². The van der Waals surface area contributed by atoms with Crippen LogP contribution in [0.1, 0.15) is 41.0 Å². The Balaban J connectivity index is 1.38. The number of fused-ring (bicyclic) bond motifs is 4. The zero-order valence-corrected chi connectivity index (χ0v) is 28.8. The molecule has 1 heterocycles. The fraction of sp³-hybridized carbons (Fsp3) is 0.227. The summed E-state index contributed by atoms with van der Waals surface area (Å²) in [7, 11) is 2.96. The quantitative estimate of drug-likeness (QED) is 0.163. The van der Waals surface area contributed by atoms with E-state index in [1.165, 1.54) is 31.3 Å². The zero-order valence-electron chi connectivity index (χ0n) is 28.8. The highest BCUT2D eigenvalue weighted by Crippen LogP contribution is 2.65. The molecule has 1 N–H and O–H groups in total. The Hall–Kier alpha value is -6.02. The van der Waals surface area contributed by atoms with Gasteiger partial charge in [0.15, 0.2) is 11.6 Å². The predicted octanol–water partition coefficient (Wildman–Crippen LogP) is 7.08. The summed E-state index contributed by atoms with van der Waals surface area (Å²) in [5.41, 5.74) is 2.38. The van der Waals surface area contributed by atoms with Crippen LogP contribution in [0.3, 0.4) is 0 Å². The summed E-state index contributed by atoms with van der Waals surface area (Å²) in [5, 5.41) is 11.9. The molecule has 4 aromatic rings. The van der Waals surface area contributed by atoms with Crippen LogP contribution in [-0.4, -0.2) is 42.7 Å². The first kappa shape index (κ1) is 33.1. The number of phenols is 1. The number of anilines is 1. The number of carbonyl (C=O) groups is 4. The van der Waals surface area contributed by atoms with Crippen LogP contribution >= 0.6 is 0 Å². The maximum atomic E-state index is 15.3. The van der Waals surface area contributed by atoms with Gasteiger partial charge in [-0.25, -0.2) is 0 Å². The molecule has 8 nitrogen and oxygen atoms in total. The number of hydrogen-bond donors (Lipinski definition) is 1. The summed E-state index contributed by atoms with van der Waals surface area (Å²) < 4.78 is 11.4. The molecule has 4 aliphatic rings. The van der Waals surface area contributed by atoms with Crippen molar-refractivity contribution in [3.05, 3.63) is 144 Å². The van der Waals surface area contributed by atoms with Gasteiger partial charge in [0.2, 0.25) is 11.8 Å². The van der Waals surface area contributed by atoms with E-state index in [4.69, 9.17) is 9.47 Å². The van der Waals surface area contributed by atoms with E-state index >= 15 is 9.59 Å². The average molecular weight is 692 g/mol. The second kappa shape index (κ2) is 12.6. The van der Waals surface area contributed by atoms with Gasteiger partial charge in [-0.15, -0.1) is 0 Å². The molecule has 2 amide bonds. The molecular formula is C44H37NO7. The van der Waals surface area contributed by atoms with Crippen LogP contribution < -0.4 is 14.4 Å². The van der Waals surface area contributed by atoms with Gasteiger partial charge in [-0.3, -0.25) is 24.1 Å². The van der Waals surface area contributed by atoms with E-state index in [-0.39, 0.29) is 47.7 Å². The first-order valence-electron chi connectivity index (χ1n) is 17.4. The summed E-state index contributed by atoms with van der Waals surface area (Å²) in [5.74, 6) is -4.65. The van der Waals surface area contributed by atoms with Gasteiger partial charge in [-0.1, -0.05) is 97.1 Å². The Labute approximate surface area is 301 Å². The van der Waals surface area contributed by atoms with Gasteiger partial charge in [0.25, 0.3) is 0 Å². The number of phenolic OH excluding ortho intramolecular Hbond substituents is 1. The number of methoxy groups -OCH3 is 2. The van der Waals surface area contributed by atoms with Crippen LogP contribution in [0.15, 0.2) is 121 Å². The number of amides is 2.